The van der Waals surface area contributed by atoms with Crippen LogP contribution in [0.15, 0.2) is 24.3 Å². The molecule has 0 radical (unpaired) electrons. The van der Waals surface area contributed by atoms with Gasteiger partial charge in [-0.3, -0.25) is 14.6 Å². The minimum atomic E-state index is -3.01. The average Bonchev–Trinajstić information content (AvgIpc) is 3.11. The zero-order valence-electron chi connectivity index (χ0n) is 18.2. The van der Waals surface area contributed by atoms with Crippen molar-refractivity contribution in [1.82, 2.24) is 14.7 Å². The zero-order chi connectivity index (χ0) is 21.8. The Labute approximate surface area is 191 Å². The number of benzene rings is 1. The van der Waals surface area contributed by atoms with Gasteiger partial charge in [0.25, 0.3) is 0 Å². The van der Waals surface area contributed by atoms with Crippen LogP contribution in [0.3, 0.4) is 0 Å². The molecule has 0 unspecified atom stereocenters. The zero-order valence-corrected chi connectivity index (χ0v) is 19.8. The second-order valence-electron chi connectivity index (χ2n) is 9.33. The van der Waals surface area contributed by atoms with E-state index in [-0.39, 0.29) is 29.5 Å². The maximum absolute atomic E-state index is 13.4. The summed E-state index contributed by atoms with van der Waals surface area (Å²) in [5, 5.41) is 0.754. The number of piperazine rings is 1. The highest BCUT2D eigenvalue weighted by Crippen LogP contribution is 2.28. The summed E-state index contributed by atoms with van der Waals surface area (Å²) in [6, 6.07) is 8.06. The fourth-order valence-electron chi connectivity index (χ4n) is 5.29. The fourth-order valence-corrected chi connectivity index (χ4v) is 7.12. The molecule has 1 saturated carbocycles. The van der Waals surface area contributed by atoms with E-state index in [2.05, 4.69) is 21.9 Å². The Bertz CT molecular complexity index is 847. The van der Waals surface area contributed by atoms with Gasteiger partial charge in [0, 0.05) is 49.8 Å². The van der Waals surface area contributed by atoms with Crippen LogP contribution in [0.25, 0.3) is 0 Å². The Balaban J connectivity index is 1.32. The van der Waals surface area contributed by atoms with Crippen molar-refractivity contribution < 1.29 is 13.2 Å². The number of hydrogen-bond acceptors (Lipinski definition) is 5. The highest BCUT2D eigenvalue weighted by atomic mass is 35.5. The van der Waals surface area contributed by atoms with Crippen LogP contribution in [-0.4, -0.2) is 85.3 Å². The molecule has 31 heavy (non-hydrogen) atoms. The molecule has 0 aromatic heterocycles. The number of halogens is 1. The summed E-state index contributed by atoms with van der Waals surface area (Å²) in [6.07, 6.45) is 6.11. The molecule has 3 aliphatic rings. The van der Waals surface area contributed by atoms with Crippen LogP contribution in [0.1, 0.15) is 44.1 Å². The van der Waals surface area contributed by atoms with Crippen LogP contribution in [-0.2, 0) is 21.2 Å². The normalized spacial score (nSPS) is 25.5. The molecule has 6 nitrogen and oxygen atoms in total. The quantitative estimate of drug-likeness (QED) is 0.643. The van der Waals surface area contributed by atoms with Crippen molar-refractivity contribution >= 4 is 27.3 Å². The molecule has 1 atom stereocenters. The first-order chi connectivity index (χ1) is 14.9. The standard InChI is InChI=1S/C23H34ClN3O3S/c24-20-8-6-19(7-9-20)16-25-11-13-26(14-12-25)17-23(28)27(21-4-2-1-3-5-21)22-10-15-31(29,30)18-22/h6-9,21-22H,1-5,10-18H2/t22-/m1/s1. The number of nitrogens with zero attached hydrogens (tertiary/aromatic N) is 3. The molecular weight excluding hydrogens is 434 g/mol. The first-order valence-electron chi connectivity index (χ1n) is 11.6. The second-order valence-corrected chi connectivity index (χ2v) is 12.0. The molecule has 3 fully saturated rings. The van der Waals surface area contributed by atoms with Gasteiger partial charge in [-0.2, -0.15) is 0 Å². The van der Waals surface area contributed by atoms with Crippen molar-refractivity contribution in [2.45, 2.75) is 57.2 Å². The number of sulfone groups is 1. The summed E-state index contributed by atoms with van der Waals surface area (Å²) >= 11 is 5.98. The third-order valence-electron chi connectivity index (χ3n) is 7.00. The third kappa shape index (κ3) is 6.21. The van der Waals surface area contributed by atoms with Gasteiger partial charge in [0.15, 0.2) is 9.84 Å². The lowest BCUT2D eigenvalue weighted by Gasteiger charge is -2.40. The van der Waals surface area contributed by atoms with Gasteiger partial charge in [-0.25, -0.2) is 8.42 Å². The van der Waals surface area contributed by atoms with E-state index >= 15 is 0 Å². The SMILES string of the molecule is O=C(CN1CCN(Cc2ccc(Cl)cc2)CC1)N(C1CCCCC1)[C@@H]1CCS(=O)(=O)C1. The Hall–Kier alpha value is -1.15. The lowest BCUT2D eigenvalue weighted by molar-refractivity contribution is -0.138. The molecule has 4 rings (SSSR count). The summed E-state index contributed by atoms with van der Waals surface area (Å²) in [5.41, 5.74) is 1.25. The molecule has 0 bridgehead atoms. The number of hydrogen-bond donors (Lipinski definition) is 0. The molecule has 0 spiro atoms. The van der Waals surface area contributed by atoms with Gasteiger partial charge in [-0.05, 0) is 37.0 Å². The first-order valence-corrected chi connectivity index (χ1v) is 13.8. The maximum Gasteiger partial charge on any atom is 0.237 e. The molecule has 2 heterocycles. The molecule has 2 aliphatic heterocycles. The van der Waals surface area contributed by atoms with E-state index in [1.165, 1.54) is 12.0 Å². The molecule has 1 aromatic rings. The van der Waals surface area contributed by atoms with Crippen LogP contribution in [0.5, 0.6) is 0 Å². The maximum atomic E-state index is 13.4. The van der Waals surface area contributed by atoms with Gasteiger partial charge < -0.3 is 4.90 Å². The summed E-state index contributed by atoms with van der Waals surface area (Å²) in [7, 11) is -3.01. The van der Waals surface area contributed by atoms with Crippen molar-refractivity contribution in [2.24, 2.45) is 0 Å². The molecule has 8 heteroatoms. The summed E-state index contributed by atoms with van der Waals surface area (Å²) < 4.78 is 24.2. The first kappa shape index (κ1) is 23.0. The monoisotopic (exact) mass is 467 g/mol. The largest absolute Gasteiger partial charge is 0.335 e. The molecular formula is C23H34ClN3O3S. The summed E-state index contributed by atoms with van der Waals surface area (Å²) in [4.78, 5) is 20.0. The Morgan fingerprint density at radius 3 is 2.19 bits per heavy atom. The average molecular weight is 468 g/mol. The van der Waals surface area contributed by atoms with E-state index in [0.717, 1.165) is 63.4 Å². The van der Waals surface area contributed by atoms with Crippen LogP contribution in [0.4, 0.5) is 0 Å². The van der Waals surface area contributed by atoms with Crippen LogP contribution in [0.2, 0.25) is 5.02 Å². The van der Waals surface area contributed by atoms with E-state index in [1.807, 2.05) is 17.0 Å². The second kappa shape index (κ2) is 10.2. The minimum Gasteiger partial charge on any atom is -0.335 e. The highest BCUT2D eigenvalue weighted by Gasteiger charge is 2.39. The van der Waals surface area contributed by atoms with Crippen LogP contribution >= 0.6 is 11.6 Å². The van der Waals surface area contributed by atoms with Crippen molar-refractivity contribution in [3.8, 4) is 0 Å². The van der Waals surface area contributed by atoms with Crippen molar-refractivity contribution in [3.05, 3.63) is 34.9 Å². The van der Waals surface area contributed by atoms with Gasteiger partial charge in [0.05, 0.1) is 18.1 Å². The molecule has 2 saturated heterocycles. The number of carbonyl (C=O) groups is 1. The van der Waals surface area contributed by atoms with E-state index in [1.54, 1.807) is 0 Å². The Kier molecular flexibility index (Phi) is 7.57. The third-order valence-corrected chi connectivity index (χ3v) is 9.00. The lowest BCUT2D eigenvalue weighted by Crippen LogP contribution is -2.54. The fraction of sp³-hybridized carbons (Fsp3) is 0.696. The van der Waals surface area contributed by atoms with Gasteiger partial charge in [-0.1, -0.05) is 43.0 Å². The van der Waals surface area contributed by atoms with Crippen molar-refractivity contribution in [1.29, 1.82) is 0 Å². The minimum absolute atomic E-state index is 0.125. The van der Waals surface area contributed by atoms with Crippen molar-refractivity contribution in [2.75, 3.05) is 44.2 Å². The van der Waals surface area contributed by atoms with Crippen molar-refractivity contribution in [3.63, 3.8) is 0 Å². The molecule has 1 aromatic carbocycles. The summed E-state index contributed by atoms with van der Waals surface area (Å²) in [6.45, 7) is 4.88. The Morgan fingerprint density at radius 1 is 0.935 bits per heavy atom. The van der Waals surface area contributed by atoms with E-state index in [4.69, 9.17) is 11.6 Å². The highest BCUT2D eigenvalue weighted by molar-refractivity contribution is 7.91. The predicted octanol–water partition coefficient (Wildman–Crippen LogP) is 2.81. The van der Waals surface area contributed by atoms with E-state index in [0.29, 0.717) is 13.0 Å². The molecule has 0 N–H and O–H groups in total. The van der Waals surface area contributed by atoms with Gasteiger partial charge in [0.1, 0.15) is 0 Å². The number of amides is 1. The summed E-state index contributed by atoms with van der Waals surface area (Å²) in [5.74, 6) is 0.488. The molecule has 1 aliphatic carbocycles. The van der Waals surface area contributed by atoms with Gasteiger partial charge in [0.2, 0.25) is 5.91 Å². The van der Waals surface area contributed by atoms with E-state index in [9.17, 15) is 13.2 Å². The van der Waals surface area contributed by atoms with Gasteiger partial charge in [-0.15, -0.1) is 0 Å². The van der Waals surface area contributed by atoms with Crippen LogP contribution < -0.4 is 0 Å². The lowest BCUT2D eigenvalue weighted by atomic mass is 9.92. The van der Waals surface area contributed by atoms with Gasteiger partial charge >= 0.3 is 0 Å². The van der Waals surface area contributed by atoms with Crippen LogP contribution in [0, 0.1) is 0 Å². The Morgan fingerprint density at radius 2 is 1.58 bits per heavy atom. The topological polar surface area (TPSA) is 60.9 Å². The van der Waals surface area contributed by atoms with E-state index < -0.39 is 9.84 Å². The number of rotatable bonds is 6. The molecule has 1 amide bonds. The molecule has 172 valence electrons. The predicted molar refractivity (Wildman–Crippen MR) is 124 cm³/mol. The number of carbonyl (C=O) groups excluding carboxylic acids is 1. The smallest absolute Gasteiger partial charge is 0.237 e.